The summed E-state index contributed by atoms with van der Waals surface area (Å²) in [5.41, 5.74) is 1.54. The number of thiophene rings is 1. The van der Waals surface area contributed by atoms with Crippen LogP contribution in [-0.2, 0) is 13.1 Å². The Morgan fingerprint density at radius 3 is 3.05 bits per heavy atom. The summed E-state index contributed by atoms with van der Waals surface area (Å²) in [4.78, 5) is 21.2. The van der Waals surface area contributed by atoms with Crippen LogP contribution in [0.4, 0.5) is 0 Å². The lowest BCUT2D eigenvalue weighted by atomic mass is 10.3. The number of H-pyrrole nitrogens is 1. The van der Waals surface area contributed by atoms with Crippen molar-refractivity contribution in [2.24, 2.45) is 0 Å². The highest BCUT2D eigenvalue weighted by Crippen LogP contribution is 2.14. The fraction of sp³-hybridized carbons (Fsp3) is 0.308. The SMILES string of the molecule is Cc1cc(CN(C)Cc2nc3ccsc3c(=O)[nH]2)no1. The molecule has 3 heterocycles. The molecule has 20 heavy (non-hydrogen) atoms. The molecule has 1 N–H and O–H groups in total. The number of hydrogen-bond acceptors (Lipinski definition) is 6. The van der Waals surface area contributed by atoms with Gasteiger partial charge in [-0.1, -0.05) is 5.16 Å². The quantitative estimate of drug-likeness (QED) is 0.794. The van der Waals surface area contributed by atoms with E-state index in [4.69, 9.17) is 4.52 Å². The van der Waals surface area contributed by atoms with Gasteiger partial charge in [-0.2, -0.15) is 0 Å². The molecule has 0 fully saturated rings. The van der Waals surface area contributed by atoms with Gasteiger partial charge in [-0.25, -0.2) is 4.98 Å². The van der Waals surface area contributed by atoms with Crippen LogP contribution in [0.25, 0.3) is 10.2 Å². The van der Waals surface area contributed by atoms with Crippen molar-refractivity contribution in [2.45, 2.75) is 20.0 Å². The van der Waals surface area contributed by atoms with Crippen LogP contribution in [0.1, 0.15) is 17.3 Å². The molecule has 0 aliphatic rings. The van der Waals surface area contributed by atoms with Crippen molar-refractivity contribution in [2.75, 3.05) is 7.05 Å². The predicted molar refractivity (Wildman–Crippen MR) is 76.7 cm³/mol. The molecule has 3 aromatic heterocycles. The van der Waals surface area contributed by atoms with Crippen LogP contribution in [0.5, 0.6) is 0 Å². The molecule has 6 nitrogen and oxygen atoms in total. The topological polar surface area (TPSA) is 75.0 Å². The van der Waals surface area contributed by atoms with Crippen molar-refractivity contribution in [1.82, 2.24) is 20.0 Å². The second kappa shape index (κ2) is 5.18. The predicted octanol–water partition coefficient (Wildman–Crippen LogP) is 1.91. The molecule has 0 bridgehead atoms. The van der Waals surface area contributed by atoms with Crippen molar-refractivity contribution in [3.05, 3.63) is 45.1 Å². The second-order valence-corrected chi connectivity index (χ2v) is 5.66. The van der Waals surface area contributed by atoms with Crippen LogP contribution in [0.3, 0.4) is 0 Å². The van der Waals surface area contributed by atoms with Gasteiger partial charge < -0.3 is 9.51 Å². The van der Waals surface area contributed by atoms with Crippen molar-refractivity contribution >= 4 is 21.6 Å². The van der Waals surface area contributed by atoms with E-state index in [-0.39, 0.29) is 5.56 Å². The first-order chi connectivity index (χ1) is 9.61. The molecule has 0 radical (unpaired) electrons. The van der Waals surface area contributed by atoms with Gasteiger partial charge in [0.1, 0.15) is 16.3 Å². The minimum absolute atomic E-state index is 0.0781. The molecule has 0 unspecified atom stereocenters. The molecule has 3 aromatic rings. The van der Waals surface area contributed by atoms with Gasteiger partial charge in [-0.15, -0.1) is 11.3 Å². The third kappa shape index (κ3) is 2.63. The Morgan fingerprint density at radius 1 is 1.45 bits per heavy atom. The lowest BCUT2D eigenvalue weighted by Gasteiger charge is -2.13. The Morgan fingerprint density at radius 2 is 2.30 bits per heavy atom. The normalized spacial score (nSPS) is 11.6. The molecular weight excluding hydrogens is 276 g/mol. The van der Waals surface area contributed by atoms with E-state index in [1.54, 1.807) is 0 Å². The van der Waals surface area contributed by atoms with Crippen LogP contribution in [0.15, 0.2) is 26.8 Å². The van der Waals surface area contributed by atoms with Gasteiger partial charge in [-0.3, -0.25) is 9.69 Å². The minimum Gasteiger partial charge on any atom is -0.361 e. The number of aromatic amines is 1. The molecule has 104 valence electrons. The van der Waals surface area contributed by atoms with E-state index in [2.05, 4.69) is 15.1 Å². The Kier molecular flexibility index (Phi) is 3.37. The first-order valence-electron chi connectivity index (χ1n) is 6.19. The lowest BCUT2D eigenvalue weighted by molar-refractivity contribution is 0.295. The van der Waals surface area contributed by atoms with Crippen LogP contribution < -0.4 is 5.56 Å². The first kappa shape index (κ1) is 13.0. The molecule has 3 rings (SSSR count). The molecule has 0 saturated heterocycles. The number of aryl methyl sites for hydroxylation is 1. The zero-order valence-electron chi connectivity index (χ0n) is 11.2. The van der Waals surface area contributed by atoms with Crippen molar-refractivity contribution < 1.29 is 4.52 Å². The Bertz CT molecular complexity index is 789. The number of nitrogens with zero attached hydrogens (tertiary/aromatic N) is 3. The van der Waals surface area contributed by atoms with Gasteiger partial charge in [0.15, 0.2) is 0 Å². The van der Waals surface area contributed by atoms with Gasteiger partial charge in [0, 0.05) is 12.6 Å². The average Bonchev–Trinajstić information content (AvgIpc) is 2.98. The smallest absolute Gasteiger partial charge is 0.268 e. The van der Waals surface area contributed by atoms with Gasteiger partial charge in [0.05, 0.1) is 17.8 Å². The highest BCUT2D eigenvalue weighted by molar-refractivity contribution is 7.17. The maximum absolute atomic E-state index is 11.9. The van der Waals surface area contributed by atoms with E-state index in [0.29, 0.717) is 23.6 Å². The number of nitrogens with one attached hydrogen (secondary N) is 1. The Hall–Kier alpha value is -1.99. The van der Waals surface area contributed by atoms with Crippen LogP contribution >= 0.6 is 11.3 Å². The summed E-state index contributed by atoms with van der Waals surface area (Å²) >= 11 is 1.40. The lowest BCUT2D eigenvalue weighted by Crippen LogP contribution is -2.21. The van der Waals surface area contributed by atoms with E-state index < -0.39 is 0 Å². The summed E-state index contributed by atoms with van der Waals surface area (Å²) in [6.07, 6.45) is 0. The van der Waals surface area contributed by atoms with Gasteiger partial charge >= 0.3 is 0 Å². The minimum atomic E-state index is -0.0781. The third-order valence-corrected chi connectivity index (χ3v) is 3.79. The van der Waals surface area contributed by atoms with Gasteiger partial charge in [-0.05, 0) is 25.4 Å². The fourth-order valence-corrected chi connectivity index (χ4v) is 2.80. The largest absolute Gasteiger partial charge is 0.361 e. The van der Waals surface area contributed by atoms with E-state index in [1.807, 2.05) is 36.4 Å². The Balaban J connectivity index is 1.76. The van der Waals surface area contributed by atoms with Gasteiger partial charge in [0.25, 0.3) is 5.56 Å². The highest BCUT2D eigenvalue weighted by Gasteiger charge is 2.09. The maximum atomic E-state index is 11.9. The van der Waals surface area contributed by atoms with Crippen LogP contribution in [0, 0.1) is 6.92 Å². The summed E-state index contributed by atoms with van der Waals surface area (Å²) in [6, 6.07) is 3.76. The fourth-order valence-electron chi connectivity index (χ4n) is 2.08. The summed E-state index contributed by atoms with van der Waals surface area (Å²) in [5, 5.41) is 5.82. The number of fused-ring (bicyclic) bond motifs is 1. The Labute approximate surface area is 119 Å². The molecule has 0 aliphatic carbocycles. The van der Waals surface area contributed by atoms with E-state index in [0.717, 1.165) is 17.0 Å². The summed E-state index contributed by atoms with van der Waals surface area (Å²) in [6.45, 7) is 3.05. The zero-order valence-corrected chi connectivity index (χ0v) is 12.0. The maximum Gasteiger partial charge on any atom is 0.268 e. The van der Waals surface area contributed by atoms with Crippen molar-refractivity contribution in [1.29, 1.82) is 0 Å². The third-order valence-electron chi connectivity index (χ3n) is 2.89. The van der Waals surface area contributed by atoms with E-state index in [1.165, 1.54) is 11.3 Å². The number of rotatable bonds is 4. The second-order valence-electron chi connectivity index (χ2n) is 4.75. The summed E-state index contributed by atoms with van der Waals surface area (Å²) in [5.74, 6) is 1.45. The van der Waals surface area contributed by atoms with Crippen molar-refractivity contribution in [3.8, 4) is 0 Å². The number of hydrogen-bond donors (Lipinski definition) is 1. The zero-order chi connectivity index (χ0) is 14.1. The molecule has 0 aliphatic heterocycles. The van der Waals surface area contributed by atoms with Gasteiger partial charge in [0.2, 0.25) is 0 Å². The highest BCUT2D eigenvalue weighted by atomic mass is 32.1. The standard InChI is InChI=1S/C13H14N4O2S/c1-8-5-9(16-19-8)6-17(2)7-11-14-10-3-4-20-12(10)13(18)15-11/h3-5H,6-7H2,1-2H3,(H,14,15,18). The molecule has 7 heteroatoms. The summed E-state index contributed by atoms with van der Waals surface area (Å²) in [7, 11) is 1.95. The summed E-state index contributed by atoms with van der Waals surface area (Å²) < 4.78 is 5.70. The average molecular weight is 290 g/mol. The first-order valence-corrected chi connectivity index (χ1v) is 7.07. The molecule has 0 aromatic carbocycles. The molecule has 0 atom stereocenters. The monoisotopic (exact) mass is 290 g/mol. The van der Waals surface area contributed by atoms with Crippen LogP contribution in [-0.4, -0.2) is 27.1 Å². The molecular formula is C13H14N4O2S. The van der Waals surface area contributed by atoms with E-state index >= 15 is 0 Å². The van der Waals surface area contributed by atoms with Crippen LogP contribution in [0.2, 0.25) is 0 Å². The molecule has 0 spiro atoms. The number of aromatic nitrogens is 3. The van der Waals surface area contributed by atoms with E-state index in [9.17, 15) is 4.79 Å². The molecule has 0 amide bonds. The van der Waals surface area contributed by atoms with Crippen molar-refractivity contribution in [3.63, 3.8) is 0 Å². The molecule has 0 saturated carbocycles.